The van der Waals surface area contributed by atoms with Crippen molar-refractivity contribution < 1.29 is 13.2 Å². The molecule has 2 bridgehead atoms. The van der Waals surface area contributed by atoms with Crippen LogP contribution in [0.4, 0.5) is 0 Å². The van der Waals surface area contributed by atoms with E-state index in [1.54, 1.807) is 0 Å². The van der Waals surface area contributed by atoms with Gasteiger partial charge in [-0.05, 0) is 36.5 Å². The molecule has 0 aromatic rings. The van der Waals surface area contributed by atoms with E-state index < -0.39 is 10.0 Å². The number of rotatable bonds is 2. The first-order valence-electron chi connectivity index (χ1n) is 9.19. The normalized spacial score (nSPS) is 45.8. The number of carbonyl (C=O) groups is 1. The van der Waals surface area contributed by atoms with Gasteiger partial charge in [0.25, 0.3) is 0 Å². The van der Waals surface area contributed by atoms with E-state index in [1.807, 2.05) is 0 Å². The third-order valence-electron chi connectivity index (χ3n) is 7.94. The Hall–Kier alpha value is -0.190. The second-order valence-electron chi connectivity index (χ2n) is 8.98. The van der Waals surface area contributed by atoms with Gasteiger partial charge in [0.1, 0.15) is 0 Å². The predicted octanol–water partition coefficient (Wildman–Crippen LogP) is 2.10. The fraction of sp³-hybridized carbons (Fsp3) is 0.941. The second-order valence-corrected chi connectivity index (χ2v) is 11.6. The lowest BCUT2D eigenvalue weighted by atomic mass is 9.69. The average molecular weight is 372 g/mol. The molecule has 1 spiro atoms. The molecule has 4 rings (SSSR count). The van der Waals surface area contributed by atoms with E-state index in [4.69, 9.17) is 0 Å². The van der Waals surface area contributed by atoms with Crippen LogP contribution in [-0.2, 0) is 14.8 Å². The van der Waals surface area contributed by atoms with E-state index in [2.05, 4.69) is 34.8 Å². The fourth-order valence-electron chi connectivity index (χ4n) is 6.34. The SMILES string of the molecule is CC[C@@H]1CN(P)C[C@@H]1C(=O)N1[C@H]2CC3CC[C@@]2(CS1(=O)=O)C3(C)C. The summed E-state index contributed by atoms with van der Waals surface area (Å²) in [7, 11) is -0.815. The monoisotopic (exact) mass is 372 g/mol. The summed E-state index contributed by atoms with van der Waals surface area (Å²) >= 11 is 0. The number of amides is 1. The summed E-state index contributed by atoms with van der Waals surface area (Å²) in [5.74, 6) is 0.677. The number of sulfonamides is 1. The Labute approximate surface area is 147 Å². The van der Waals surface area contributed by atoms with Gasteiger partial charge in [-0.1, -0.05) is 36.6 Å². The van der Waals surface area contributed by atoms with E-state index in [1.165, 1.54) is 4.31 Å². The Morgan fingerprint density at radius 1 is 1.29 bits per heavy atom. The van der Waals surface area contributed by atoms with Gasteiger partial charge in [0.2, 0.25) is 15.9 Å². The minimum atomic E-state index is -3.49. The van der Waals surface area contributed by atoms with Gasteiger partial charge in [-0.3, -0.25) is 9.46 Å². The van der Waals surface area contributed by atoms with Gasteiger partial charge >= 0.3 is 0 Å². The quantitative estimate of drug-likeness (QED) is 0.697. The third-order valence-corrected chi connectivity index (χ3v) is 10.3. The maximum absolute atomic E-state index is 13.3. The molecule has 0 aromatic carbocycles. The van der Waals surface area contributed by atoms with E-state index in [9.17, 15) is 13.2 Å². The molecular weight excluding hydrogens is 343 g/mol. The van der Waals surface area contributed by atoms with Crippen LogP contribution < -0.4 is 0 Å². The molecule has 0 aromatic heterocycles. The highest BCUT2D eigenvalue weighted by atomic mass is 32.2. The van der Waals surface area contributed by atoms with Crippen LogP contribution in [0.1, 0.15) is 46.5 Å². The zero-order chi connectivity index (χ0) is 17.5. The minimum Gasteiger partial charge on any atom is -0.286 e. The molecule has 2 aliphatic heterocycles. The van der Waals surface area contributed by atoms with Gasteiger partial charge in [-0.2, -0.15) is 0 Å². The molecule has 136 valence electrons. The van der Waals surface area contributed by atoms with E-state index in [0.29, 0.717) is 12.5 Å². The lowest BCUT2D eigenvalue weighted by Crippen LogP contribution is -2.47. The molecule has 24 heavy (non-hydrogen) atoms. The van der Waals surface area contributed by atoms with Crippen LogP contribution in [0.5, 0.6) is 0 Å². The summed E-state index contributed by atoms with van der Waals surface area (Å²) in [5, 5.41) is 0. The number of nitrogens with zero attached hydrogens (tertiary/aromatic N) is 2. The highest BCUT2D eigenvalue weighted by molar-refractivity contribution is 7.90. The molecular formula is C17H29N2O3PS. The molecule has 2 saturated heterocycles. The molecule has 2 unspecified atom stereocenters. The molecule has 4 aliphatic rings. The Balaban J connectivity index is 1.70. The van der Waals surface area contributed by atoms with Gasteiger partial charge in [-0.25, -0.2) is 12.7 Å². The number of hydrogen-bond donors (Lipinski definition) is 0. The van der Waals surface area contributed by atoms with Crippen molar-refractivity contribution in [2.45, 2.75) is 52.5 Å². The number of carbonyl (C=O) groups excluding carboxylic acids is 1. The van der Waals surface area contributed by atoms with Crippen molar-refractivity contribution in [1.82, 2.24) is 8.98 Å². The maximum atomic E-state index is 13.3. The molecule has 2 saturated carbocycles. The molecule has 2 aliphatic carbocycles. The first kappa shape index (κ1) is 17.2. The largest absolute Gasteiger partial charge is 0.286 e. The predicted molar refractivity (Wildman–Crippen MR) is 96.5 cm³/mol. The molecule has 0 N–H and O–H groups in total. The molecule has 2 heterocycles. The minimum absolute atomic E-state index is 0.0201. The van der Waals surface area contributed by atoms with Crippen LogP contribution in [0.25, 0.3) is 0 Å². The smallest absolute Gasteiger partial charge is 0.241 e. The topological polar surface area (TPSA) is 57.7 Å². The van der Waals surface area contributed by atoms with Crippen molar-refractivity contribution >= 4 is 25.3 Å². The van der Waals surface area contributed by atoms with E-state index in [-0.39, 0.29) is 40.4 Å². The van der Waals surface area contributed by atoms with Crippen LogP contribution in [0.2, 0.25) is 0 Å². The molecule has 6 atom stereocenters. The Morgan fingerprint density at radius 3 is 2.62 bits per heavy atom. The fourth-order valence-corrected chi connectivity index (χ4v) is 9.42. The van der Waals surface area contributed by atoms with E-state index >= 15 is 0 Å². The molecule has 5 nitrogen and oxygen atoms in total. The first-order valence-corrected chi connectivity index (χ1v) is 11.3. The van der Waals surface area contributed by atoms with Crippen LogP contribution in [0, 0.1) is 28.6 Å². The molecule has 4 fully saturated rings. The standard InChI is InChI=1S/C17H29N2O3PS/c1-4-11-8-18(23)9-13(11)15(20)19-14-7-12-5-6-17(14,16(12,2)3)10-24(19,21)22/h11-14H,4-10,23H2,1-3H3/t11-,12?,13+,14+,17+/m1/s1. The van der Waals surface area contributed by atoms with Gasteiger partial charge in [-0.15, -0.1) is 0 Å². The number of hydrogen-bond acceptors (Lipinski definition) is 4. The Morgan fingerprint density at radius 2 is 2.00 bits per heavy atom. The van der Waals surface area contributed by atoms with Crippen LogP contribution in [0.3, 0.4) is 0 Å². The first-order chi connectivity index (χ1) is 11.1. The third kappa shape index (κ3) is 1.99. The highest BCUT2D eigenvalue weighted by Gasteiger charge is 2.72. The summed E-state index contributed by atoms with van der Waals surface area (Å²) in [4.78, 5) is 13.3. The zero-order valence-corrected chi connectivity index (χ0v) is 16.8. The van der Waals surface area contributed by atoms with Crippen molar-refractivity contribution in [2.75, 3.05) is 18.8 Å². The lowest BCUT2D eigenvalue weighted by molar-refractivity contribution is -0.134. The summed E-state index contributed by atoms with van der Waals surface area (Å²) in [5.41, 5.74) is -0.195. The van der Waals surface area contributed by atoms with E-state index in [0.717, 1.165) is 32.2 Å². The van der Waals surface area contributed by atoms with Crippen molar-refractivity contribution in [1.29, 1.82) is 0 Å². The van der Waals surface area contributed by atoms with Gasteiger partial charge in [0.15, 0.2) is 0 Å². The van der Waals surface area contributed by atoms with Crippen LogP contribution in [-0.4, -0.2) is 48.2 Å². The van der Waals surface area contributed by atoms with Gasteiger partial charge in [0, 0.05) is 18.5 Å². The van der Waals surface area contributed by atoms with Crippen molar-refractivity contribution in [3.63, 3.8) is 0 Å². The zero-order valence-electron chi connectivity index (χ0n) is 14.9. The van der Waals surface area contributed by atoms with Crippen molar-refractivity contribution in [3.05, 3.63) is 0 Å². The maximum Gasteiger partial charge on any atom is 0.241 e. The van der Waals surface area contributed by atoms with Crippen molar-refractivity contribution in [2.24, 2.45) is 28.6 Å². The number of fused-ring (bicyclic) bond motifs is 1. The molecule has 1 amide bonds. The lowest BCUT2D eigenvalue weighted by Gasteiger charge is -2.37. The Kier molecular flexibility index (Phi) is 3.71. The second kappa shape index (κ2) is 5.17. The summed E-state index contributed by atoms with van der Waals surface area (Å²) in [6.07, 6.45) is 3.85. The average Bonchev–Trinajstić information content (AvgIpc) is 3.11. The van der Waals surface area contributed by atoms with Crippen LogP contribution >= 0.6 is 9.39 Å². The summed E-state index contributed by atoms with van der Waals surface area (Å²) < 4.78 is 29.5. The van der Waals surface area contributed by atoms with Gasteiger partial charge in [0.05, 0.1) is 17.7 Å². The molecule has 0 radical (unpaired) electrons. The van der Waals surface area contributed by atoms with Crippen LogP contribution in [0.15, 0.2) is 0 Å². The van der Waals surface area contributed by atoms with Gasteiger partial charge < -0.3 is 0 Å². The summed E-state index contributed by atoms with van der Waals surface area (Å²) in [6.45, 7) is 8.05. The molecule has 7 heteroatoms. The summed E-state index contributed by atoms with van der Waals surface area (Å²) in [6, 6.07) is -0.0974. The van der Waals surface area contributed by atoms with Crippen molar-refractivity contribution in [3.8, 4) is 0 Å². The Bertz CT molecular complexity index is 679. The highest BCUT2D eigenvalue weighted by Crippen LogP contribution is 2.70.